The van der Waals surface area contributed by atoms with Crippen LogP contribution in [0.2, 0.25) is 0 Å². The predicted octanol–water partition coefficient (Wildman–Crippen LogP) is 3.22. The number of thiophene rings is 1. The van der Waals surface area contributed by atoms with Crippen molar-refractivity contribution >= 4 is 33.3 Å². The molecule has 8 heteroatoms. The summed E-state index contributed by atoms with van der Waals surface area (Å²) in [5.41, 5.74) is 1.01. The maximum Gasteiger partial charge on any atom is 0.264 e. The zero-order valence-electron chi connectivity index (χ0n) is 17.1. The number of carbonyl (C=O) groups is 1. The van der Waals surface area contributed by atoms with Crippen LogP contribution in [0.4, 0.5) is 5.82 Å². The van der Waals surface area contributed by atoms with Crippen LogP contribution in [0.15, 0.2) is 6.33 Å². The van der Waals surface area contributed by atoms with Crippen LogP contribution in [0, 0.1) is 12.8 Å². The number of hydrogen-bond donors (Lipinski definition) is 0. The van der Waals surface area contributed by atoms with Crippen LogP contribution in [0.25, 0.3) is 10.2 Å². The second-order valence-electron chi connectivity index (χ2n) is 8.50. The molecule has 3 aliphatic heterocycles. The molecule has 3 fully saturated rings. The van der Waals surface area contributed by atoms with Crippen LogP contribution < -0.4 is 4.90 Å². The van der Waals surface area contributed by atoms with Gasteiger partial charge in [0, 0.05) is 39.0 Å². The minimum atomic E-state index is -0.462. The Balaban J connectivity index is 1.40. The Bertz CT molecular complexity index is 906. The lowest BCUT2D eigenvalue weighted by molar-refractivity contribution is -0.181. The van der Waals surface area contributed by atoms with Gasteiger partial charge in [0.05, 0.1) is 23.5 Å². The third-order valence-electron chi connectivity index (χ3n) is 6.61. The fourth-order valence-corrected chi connectivity index (χ4v) is 5.81. The lowest BCUT2D eigenvalue weighted by Gasteiger charge is -2.37. The van der Waals surface area contributed by atoms with E-state index in [1.54, 1.807) is 6.33 Å². The number of aryl methyl sites for hydroxylation is 1. The monoisotopic (exact) mass is 416 g/mol. The SMILES string of the molecule is Cc1c(C(=O)N2CCC3(CC2)OCCO3)sc2ncnc(N3CCC(C)CC3)c12. The summed E-state index contributed by atoms with van der Waals surface area (Å²) < 4.78 is 11.6. The molecule has 0 bridgehead atoms. The van der Waals surface area contributed by atoms with Crippen molar-refractivity contribution < 1.29 is 14.3 Å². The Kier molecular flexibility index (Phi) is 4.96. The highest BCUT2D eigenvalue weighted by atomic mass is 32.1. The third kappa shape index (κ3) is 3.41. The number of likely N-dealkylation sites (tertiary alicyclic amines) is 1. The molecule has 0 unspecified atom stereocenters. The van der Waals surface area contributed by atoms with Crippen molar-refractivity contribution in [1.82, 2.24) is 14.9 Å². The molecule has 29 heavy (non-hydrogen) atoms. The molecule has 1 amide bonds. The van der Waals surface area contributed by atoms with Crippen molar-refractivity contribution in [2.24, 2.45) is 5.92 Å². The summed E-state index contributed by atoms with van der Waals surface area (Å²) in [6, 6.07) is 0. The van der Waals surface area contributed by atoms with Crippen molar-refractivity contribution in [2.45, 2.75) is 45.3 Å². The van der Waals surface area contributed by atoms with Gasteiger partial charge in [-0.1, -0.05) is 6.92 Å². The lowest BCUT2D eigenvalue weighted by atomic mass is 9.99. The van der Waals surface area contributed by atoms with E-state index in [4.69, 9.17) is 9.47 Å². The molecule has 0 atom stereocenters. The first-order chi connectivity index (χ1) is 14.1. The number of piperidine rings is 2. The molecule has 0 N–H and O–H groups in total. The van der Waals surface area contributed by atoms with E-state index in [0.29, 0.717) is 26.3 Å². The van der Waals surface area contributed by atoms with E-state index >= 15 is 0 Å². The van der Waals surface area contributed by atoms with E-state index in [9.17, 15) is 4.79 Å². The number of fused-ring (bicyclic) bond motifs is 1. The van der Waals surface area contributed by atoms with Gasteiger partial charge in [0.15, 0.2) is 5.79 Å². The van der Waals surface area contributed by atoms with Crippen molar-refractivity contribution in [1.29, 1.82) is 0 Å². The second kappa shape index (κ2) is 7.49. The molecule has 3 saturated heterocycles. The molecule has 0 aliphatic carbocycles. The number of ether oxygens (including phenoxy) is 2. The van der Waals surface area contributed by atoms with Gasteiger partial charge in [-0.25, -0.2) is 9.97 Å². The van der Waals surface area contributed by atoms with Gasteiger partial charge < -0.3 is 19.3 Å². The first kappa shape index (κ1) is 19.2. The summed E-state index contributed by atoms with van der Waals surface area (Å²) in [7, 11) is 0. The minimum absolute atomic E-state index is 0.0940. The van der Waals surface area contributed by atoms with Crippen LogP contribution in [-0.2, 0) is 9.47 Å². The van der Waals surface area contributed by atoms with Crippen molar-refractivity contribution in [3.05, 3.63) is 16.8 Å². The highest BCUT2D eigenvalue weighted by Gasteiger charge is 2.41. The van der Waals surface area contributed by atoms with Gasteiger partial charge in [0.25, 0.3) is 5.91 Å². The smallest absolute Gasteiger partial charge is 0.264 e. The summed E-state index contributed by atoms with van der Waals surface area (Å²) >= 11 is 1.50. The first-order valence-corrected chi connectivity index (χ1v) is 11.4. The average molecular weight is 417 g/mol. The van der Waals surface area contributed by atoms with Crippen molar-refractivity contribution in [3.63, 3.8) is 0 Å². The minimum Gasteiger partial charge on any atom is -0.356 e. The van der Waals surface area contributed by atoms with Gasteiger partial charge in [-0.2, -0.15) is 0 Å². The van der Waals surface area contributed by atoms with Crippen LogP contribution >= 0.6 is 11.3 Å². The van der Waals surface area contributed by atoms with Crippen LogP contribution in [0.1, 0.15) is 47.8 Å². The van der Waals surface area contributed by atoms with Crippen molar-refractivity contribution in [3.8, 4) is 0 Å². The van der Waals surface area contributed by atoms with E-state index in [1.165, 1.54) is 24.2 Å². The molecule has 0 aromatic carbocycles. The van der Waals surface area contributed by atoms with Gasteiger partial charge in [-0.3, -0.25) is 4.79 Å². The summed E-state index contributed by atoms with van der Waals surface area (Å²) in [6.45, 7) is 9.01. The molecule has 0 radical (unpaired) electrons. The Morgan fingerprint density at radius 2 is 1.83 bits per heavy atom. The number of carbonyl (C=O) groups excluding carboxylic acids is 1. The van der Waals surface area contributed by atoms with Crippen LogP contribution in [-0.4, -0.2) is 66.0 Å². The molecule has 7 nitrogen and oxygen atoms in total. The van der Waals surface area contributed by atoms with Gasteiger partial charge in [-0.05, 0) is 31.2 Å². The lowest BCUT2D eigenvalue weighted by Crippen LogP contribution is -2.47. The Labute approximate surface area is 175 Å². The highest BCUT2D eigenvalue weighted by molar-refractivity contribution is 7.20. The number of anilines is 1. The largest absolute Gasteiger partial charge is 0.356 e. The molecular formula is C21H28N4O3S. The quantitative estimate of drug-likeness (QED) is 0.749. The fourth-order valence-electron chi connectivity index (χ4n) is 4.70. The second-order valence-corrected chi connectivity index (χ2v) is 9.50. The summed E-state index contributed by atoms with van der Waals surface area (Å²) in [6.07, 6.45) is 5.47. The van der Waals surface area contributed by atoms with Crippen LogP contribution in [0.5, 0.6) is 0 Å². The zero-order valence-corrected chi connectivity index (χ0v) is 18.0. The zero-order chi connectivity index (χ0) is 20.0. The normalized spacial score (nSPS) is 22.7. The van der Waals surface area contributed by atoms with E-state index in [2.05, 4.69) is 21.8 Å². The molecule has 2 aromatic rings. The Hall–Kier alpha value is -1.77. The number of hydrogen-bond acceptors (Lipinski definition) is 7. The molecular weight excluding hydrogens is 388 g/mol. The molecule has 0 saturated carbocycles. The Morgan fingerprint density at radius 1 is 1.14 bits per heavy atom. The maximum absolute atomic E-state index is 13.3. The van der Waals surface area contributed by atoms with Gasteiger partial charge in [-0.15, -0.1) is 11.3 Å². The topological polar surface area (TPSA) is 67.8 Å². The van der Waals surface area contributed by atoms with Crippen LogP contribution in [0.3, 0.4) is 0 Å². The van der Waals surface area contributed by atoms with E-state index in [0.717, 1.165) is 58.3 Å². The number of rotatable bonds is 2. The van der Waals surface area contributed by atoms with Gasteiger partial charge >= 0.3 is 0 Å². The summed E-state index contributed by atoms with van der Waals surface area (Å²) in [4.78, 5) is 28.4. The van der Waals surface area contributed by atoms with Gasteiger partial charge in [0.2, 0.25) is 0 Å². The summed E-state index contributed by atoms with van der Waals surface area (Å²) in [5.74, 6) is 1.38. The molecule has 1 spiro atoms. The molecule has 5 heterocycles. The summed E-state index contributed by atoms with van der Waals surface area (Å²) in [5, 5.41) is 1.05. The number of aromatic nitrogens is 2. The third-order valence-corrected chi connectivity index (χ3v) is 7.80. The number of amides is 1. The maximum atomic E-state index is 13.3. The predicted molar refractivity (Wildman–Crippen MR) is 113 cm³/mol. The average Bonchev–Trinajstić information content (AvgIpc) is 3.33. The standard InChI is InChI=1S/C21H28N4O3S/c1-14-3-7-24(8-4-14)18-16-15(2)17(29-19(16)23-13-22-18)20(26)25-9-5-21(6-10-25)27-11-12-28-21/h13-14H,3-12H2,1-2H3. The van der Waals surface area contributed by atoms with Gasteiger partial charge in [0.1, 0.15) is 17.0 Å². The van der Waals surface area contributed by atoms with Crippen molar-refractivity contribution in [2.75, 3.05) is 44.3 Å². The van der Waals surface area contributed by atoms with E-state index in [1.807, 2.05) is 11.8 Å². The number of nitrogens with zero attached hydrogens (tertiary/aromatic N) is 4. The molecule has 156 valence electrons. The highest BCUT2D eigenvalue weighted by Crippen LogP contribution is 2.38. The van der Waals surface area contributed by atoms with E-state index < -0.39 is 5.79 Å². The molecule has 5 rings (SSSR count). The first-order valence-electron chi connectivity index (χ1n) is 10.6. The Morgan fingerprint density at radius 3 is 2.52 bits per heavy atom. The molecule has 2 aromatic heterocycles. The molecule has 3 aliphatic rings. The van der Waals surface area contributed by atoms with E-state index in [-0.39, 0.29) is 5.91 Å². The fraction of sp³-hybridized carbons (Fsp3) is 0.667.